The van der Waals surface area contributed by atoms with Gasteiger partial charge in [-0.15, -0.1) is 0 Å². The average Bonchev–Trinajstić information content (AvgIpc) is 2.91. The minimum absolute atomic E-state index is 0.269. The molecule has 1 heterocycles. The molecule has 1 N–H and O–H groups in total. The van der Waals surface area contributed by atoms with Crippen molar-refractivity contribution in [2.45, 2.75) is 6.54 Å². The highest BCUT2D eigenvalue weighted by Crippen LogP contribution is 2.27. The summed E-state index contributed by atoms with van der Waals surface area (Å²) < 4.78 is 2.26. The fourth-order valence-electron chi connectivity index (χ4n) is 2.23. The number of halogens is 4. The Bertz CT molecular complexity index is 922. The molecule has 2 aromatic carbocycles. The monoisotopic (exact) mass is 457 g/mol. The molecule has 128 valence electrons. The highest BCUT2D eigenvalue weighted by molar-refractivity contribution is 9.10. The van der Waals surface area contributed by atoms with Gasteiger partial charge in [0.05, 0.1) is 12.1 Å². The van der Waals surface area contributed by atoms with E-state index in [0.29, 0.717) is 31.6 Å². The van der Waals surface area contributed by atoms with Gasteiger partial charge in [0.2, 0.25) is 0 Å². The second-order valence-electron chi connectivity index (χ2n) is 5.16. The number of nitrogens with zero attached hydrogens (tertiary/aromatic N) is 2. The first-order valence-electron chi connectivity index (χ1n) is 7.17. The molecule has 1 amide bonds. The minimum atomic E-state index is -0.310. The van der Waals surface area contributed by atoms with Crippen molar-refractivity contribution < 1.29 is 4.79 Å². The number of carbonyl (C=O) groups is 1. The van der Waals surface area contributed by atoms with Crippen molar-refractivity contribution in [1.29, 1.82) is 0 Å². The zero-order valence-electron chi connectivity index (χ0n) is 12.6. The number of nitrogens with one attached hydrogen (secondary N) is 1. The summed E-state index contributed by atoms with van der Waals surface area (Å²) in [7, 11) is 0. The molecule has 3 rings (SSSR count). The largest absolute Gasteiger partial charge is 0.304 e. The van der Waals surface area contributed by atoms with Gasteiger partial charge in [0.25, 0.3) is 5.91 Å². The summed E-state index contributed by atoms with van der Waals surface area (Å²) >= 11 is 21.9. The van der Waals surface area contributed by atoms with Crippen molar-refractivity contribution in [3.8, 4) is 0 Å². The first-order chi connectivity index (χ1) is 12.0. The van der Waals surface area contributed by atoms with E-state index >= 15 is 0 Å². The number of amides is 1. The lowest BCUT2D eigenvalue weighted by molar-refractivity contribution is 0.102. The second kappa shape index (κ2) is 7.79. The van der Waals surface area contributed by atoms with Gasteiger partial charge in [0, 0.05) is 26.3 Å². The van der Waals surface area contributed by atoms with Gasteiger partial charge in [-0.2, -0.15) is 5.10 Å². The van der Waals surface area contributed by atoms with Gasteiger partial charge in [-0.3, -0.25) is 9.48 Å². The molecule has 0 spiro atoms. The third-order valence-electron chi connectivity index (χ3n) is 3.45. The smallest absolute Gasteiger partial charge is 0.258 e. The first kappa shape index (κ1) is 18.3. The van der Waals surface area contributed by atoms with Crippen LogP contribution in [0.15, 0.2) is 53.1 Å². The summed E-state index contributed by atoms with van der Waals surface area (Å²) in [6.07, 6.45) is 1.61. The van der Waals surface area contributed by atoms with E-state index in [9.17, 15) is 4.79 Å². The Labute approximate surface area is 167 Å². The van der Waals surface area contributed by atoms with Crippen LogP contribution in [0.1, 0.15) is 15.9 Å². The van der Waals surface area contributed by atoms with Crippen LogP contribution in [0.3, 0.4) is 0 Å². The number of hydrogen-bond acceptors (Lipinski definition) is 2. The molecule has 0 unspecified atom stereocenters. The van der Waals surface area contributed by atoms with Gasteiger partial charge in [-0.05, 0) is 40.2 Å². The van der Waals surface area contributed by atoms with Crippen molar-refractivity contribution in [2.75, 3.05) is 5.32 Å². The van der Waals surface area contributed by atoms with E-state index in [0.717, 1.165) is 5.56 Å². The van der Waals surface area contributed by atoms with Crippen LogP contribution in [0, 0.1) is 0 Å². The van der Waals surface area contributed by atoms with Crippen LogP contribution in [0.4, 0.5) is 5.82 Å². The summed E-state index contributed by atoms with van der Waals surface area (Å²) in [6, 6.07) is 12.4. The molecule has 4 nitrogen and oxygen atoms in total. The fourth-order valence-corrected chi connectivity index (χ4v) is 3.41. The summed E-state index contributed by atoms with van der Waals surface area (Å²) in [6.45, 7) is 0.336. The molecule has 0 saturated heterocycles. The van der Waals surface area contributed by atoms with Crippen molar-refractivity contribution in [3.05, 3.63) is 79.3 Å². The van der Waals surface area contributed by atoms with Crippen LogP contribution >= 0.6 is 50.7 Å². The molecule has 0 bridgehead atoms. The molecule has 8 heteroatoms. The summed E-state index contributed by atoms with van der Waals surface area (Å²) in [5.74, 6) is -0.0407. The predicted molar refractivity (Wildman–Crippen MR) is 105 cm³/mol. The van der Waals surface area contributed by atoms with Crippen molar-refractivity contribution in [1.82, 2.24) is 9.78 Å². The summed E-state index contributed by atoms with van der Waals surface area (Å²) in [5, 5.41) is 8.41. The maximum atomic E-state index is 12.4. The maximum Gasteiger partial charge on any atom is 0.258 e. The van der Waals surface area contributed by atoms with Crippen LogP contribution in [0.25, 0.3) is 0 Å². The van der Waals surface area contributed by atoms with Crippen LogP contribution in [-0.4, -0.2) is 15.7 Å². The molecule has 0 aliphatic carbocycles. The van der Waals surface area contributed by atoms with Gasteiger partial charge >= 0.3 is 0 Å². The molecule has 25 heavy (non-hydrogen) atoms. The van der Waals surface area contributed by atoms with E-state index < -0.39 is 0 Å². The Morgan fingerprint density at radius 1 is 1.04 bits per heavy atom. The second-order valence-corrected chi connectivity index (χ2v) is 7.23. The SMILES string of the molecule is O=C(Nc1nn(Cc2c(Cl)cccc2Cl)cc1Cl)c1ccccc1Br. The van der Waals surface area contributed by atoms with Gasteiger partial charge in [0.15, 0.2) is 5.82 Å². The zero-order chi connectivity index (χ0) is 18.0. The van der Waals surface area contributed by atoms with Gasteiger partial charge in [-0.1, -0.05) is 53.0 Å². The zero-order valence-corrected chi connectivity index (χ0v) is 16.5. The van der Waals surface area contributed by atoms with Crippen LogP contribution in [-0.2, 0) is 6.54 Å². The van der Waals surface area contributed by atoms with E-state index in [1.807, 2.05) is 6.07 Å². The number of hydrogen-bond donors (Lipinski definition) is 1. The van der Waals surface area contributed by atoms with Crippen molar-refractivity contribution >= 4 is 62.5 Å². The molecular formula is C17H11BrCl3N3O. The van der Waals surface area contributed by atoms with E-state index in [4.69, 9.17) is 34.8 Å². The van der Waals surface area contributed by atoms with Crippen LogP contribution < -0.4 is 5.32 Å². The lowest BCUT2D eigenvalue weighted by Crippen LogP contribution is -2.13. The molecule has 0 saturated carbocycles. The fraction of sp³-hybridized carbons (Fsp3) is 0.0588. The Hall–Kier alpha value is -1.53. The number of rotatable bonds is 4. The lowest BCUT2D eigenvalue weighted by Gasteiger charge is -2.07. The molecule has 0 aliphatic rings. The first-order valence-corrected chi connectivity index (χ1v) is 9.10. The Morgan fingerprint density at radius 2 is 1.72 bits per heavy atom. The van der Waals surface area contributed by atoms with E-state index in [2.05, 4.69) is 26.3 Å². The van der Waals surface area contributed by atoms with Gasteiger partial charge in [0.1, 0.15) is 5.02 Å². The van der Waals surface area contributed by atoms with Crippen molar-refractivity contribution in [3.63, 3.8) is 0 Å². The number of carbonyl (C=O) groups excluding carboxylic acids is 1. The maximum absolute atomic E-state index is 12.4. The van der Waals surface area contributed by atoms with E-state index in [-0.39, 0.29) is 11.7 Å². The van der Waals surface area contributed by atoms with E-state index in [1.165, 1.54) is 0 Å². The summed E-state index contributed by atoms with van der Waals surface area (Å²) in [5.41, 5.74) is 1.22. The number of anilines is 1. The molecule has 0 radical (unpaired) electrons. The third kappa shape index (κ3) is 4.18. The molecule has 0 fully saturated rings. The lowest BCUT2D eigenvalue weighted by atomic mass is 10.2. The number of aromatic nitrogens is 2. The number of benzene rings is 2. The third-order valence-corrected chi connectivity index (χ3v) is 5.13. The molecule has 0 aliphatic heterocycles. The molecule has 3 aromatic rings. The van der Waals surface area contributed by atoms with Crippen LogP contribution in [0.5, 0.6) is 0 Å². The van der Waals surface area contributed by atoms with E-state index in [1.54, 1.807) is 47.3 Å². The summed E-state index contributed by atoms with van der Waals surface area (Å²) in [4.78, 5) is 12.4. The van der Waals surface area contributed by atoms with Gasteiger partial charge in [-0.25, -0.2) is 0 Å². The van der Waals surface area contributed by atoms with Gasteiger partial charge < -0.3 is 5.32 Å². The normalized spacial score (nSPS) is 10.7. The quantitative estimate of drug-likeness (QED) is 0.528. The Kier molecular flexibility index (Phi) is 5.69. The van der Waals surface area contributed by atoms with Crippen molar-refractivity contribution in [2.24, 2.45) is 0 Å². The highest BCUT2D eigenvalue weighted by Gasteiger charge is 2.15. The predicted octanol–water partition coefficient (Wildman–Crippen LogP) is 5.91. The minimum Gasteiger partial charge on any atom is -0.304 e. The topological polar surface area (TPSA) is 46.9 Å². The van der Waals surface area contributed by atoms with Crippen LogP contribution in [0.2, 0.25) is 15.1 Å². The standard InChI is InChI=1S/C17H11BrCl3N3O/c18-12-5-2-1-4-10(12)17(25)22-16-15(21)9-24(23-16)8-11-13(19)6-3-7-14(11)20/h1-7,9H,8H2,(H,22,23,25). The molecular weight excluding hydrogens is 448 g/mol. The molecule has 0 atom stereocenters. The Balaban J connectivity index is 1.81. The molecule has 1 aromatic heterocycles. The average molecular weight is 460 g/mol. The Morgan fingerprint density at radius 3 is 2.40 bits per heavy atom. The highest BCUT2D eigenvalue weighted by atomic mass is 79.9.